The molecular formula is C17H26FN. The number of nitrogens with one attached hydrogen (secondary N) is 1. The van der Waals surface area contributed by atoms with Crippen molar-refractivity contribution in [2.45, 2.75) is 51.5 Å². The zero-order valence-corrected chi connectivity index (χ0v) is 12.2. The fourth-order valence-electron chi connectivity index (χ4n) is 3.40. The predicted molar refractivity (Wildman–Crippen MR) is 78.7 cm³/mol. The van der Waals surface area contributed by atoms with E-state index < -0.39 is 0 Å². The summed E-state index contributed by atoms with van der Waals surface area (Å²) in [6.07, 6.45) is 7.39. The van der Waals surface area contributed by atoms with Gasteiger partial charge < -0.3 is 5.32 Å². The highest BCUT2D eigenvalue weighted by atomic mass is 19.1. The summed E-state index contributed by atoms with van der Waals surface area (Å²) >= 11 is 0. The molecule has 1 atom stereocenters. The van der Waals surface area contributed by atoms with Crippen LogP contribution in [-0.4, -0.2) is 13.1 Å². The quantitative estimate of drug-likeness (QED) is 0.840. The first-order chi connectivity index (χ1) is 9.24. The molecular weight excluding hydrogens is 237 g/mol. The largest absolute Gasteiger partial charge is 0.316 e. The lowest BCUT2D eigenvalue weighted by atomic mass is 9.76. The van der Waals surface area contributed by atoms with E-state index in [4.69, 9.17) is 0 Å². The normalized spacial score (nSPS) is 25.2. The first-order valence-electron chi connectivity index (χ1n) is 7.65. The first-order valence-corrected chi connectivity index (χ1v) is 7.65. The second-order valence-corrected chi connectivity index (χ2v) is 5.88. The van der Waals surface area contributed by atoms with Gasteiger partial charge in [0.25, 0.3) is 0 Å². The molecule has 0 radical (unpaired) electrons. The van der Waals surface area contributed by atoms with Crippen LogP contribution in [0.1, 0.15) is 44.6 Å². The first kappa shape index (κ1) is 14.5. The van der Waals surface area contributed by atoms with Gasteiger partial charge >= 0.3 is 0 Å². The van der Waals surface area contributed by atoms with Crippen LogP contribution in [0.2, 0.25) is 0 Å². The minimum Gasteiger partial charge on any atom is -0.316 e. The molecule has 0 bridgehead atoms. The minimum absolute atomic E-state index is 0.0648. The molecule has 106 valence electrons. The van der Waals surface area contributed by atoms with Crippen molar-refractivity contribution in [3.05, 3.63) is 35.6 Å². The number of likely N-dealkylation sites (N-methyl/N-ethyl adjacent to an activating group) is 1. The van der Waals surface area contributed by atoms with Gasteiger partial charge in [0.05, 0.1) is 0 Å². The molecule has 1 unspecified atom stereocenters. The Morgan fingerprint density at radius 3 is 2.47 bits per heavy atom. The average molecular weight is 263 g/mol. The van der Waals surface area contributed by atoms with Crippen LogP contribution in [0, 0.1) is 17.7 Å². The fourth-order valence-corrected chi connectivity index (χ4v) is 3.40. The Kier molecular flexibility index (Phi) is 5.38. The Bertz CT molecular complexity index is 383. The third kappa shape index (κ3) is 3.79. The topological polar surface area (TPSA) is 12.0 Å². The van der Waals surface area contributed by atoms with Gasteiger partial charge in [0.1, 0.15) is 5.82 Å². The maximum Gasteiger partial charge on any atom is 0.126 e. The van der Waals surface area contributed by atoms with E-state index in [0.717, 1.165) is 17.9 Å². The molecule has 1 aromatic carbocycles. The molecule has 19 heavy (non-hydrogen) atoms. The van der Waals surface area contributed by atoms with Crippen LogP contribution in [0.3, 0.4) is 0 Å². The second-order valence-electron chi connectivity index (χ2n) is 5.88. The number of benzene rings is 1. The Labute approximate surface area is 116 Å². The summed E-state index contributed by atoms with van der Waals surface area (Å²) < 4.78 is 13.7. The zero-order chi connectivity index (χ0) is 13.7. The predicted octanol–water partition coefficient (Wildman–Crippen LogP) is 4.17. The van der Waals surface area contributed by atoms with Crippen molar-refractivity contribution in [2.75, 3.05) is 7.05 Å². The van der Waals surface area contributed by atoms with Crippen LogP contribution >= 0.6 is 0 Å². The Hall–Kier alpha value is -0.890. The summed E-state index contributed by atoms with van der Waals surface area (Å²) in [5, 5.41) is 3.41. The molecule has 1 aromatic rings. The van der Waals surface area contributed by atoms with Crippen LogP contribution in [0.25, 0.3) is 0 Å². The molecule has 0 aliphatic heterocycles. The number of hydrogen-bond donors (Lipinski definition) is 1. The van der Waals surface area contributed by atoms with Gasteiger partial charge in [-0.2, -0.15) is 0 Å². The number of hydrogen-bond acceptors (Lipinski definition) is 1. The molecule has 1 saturated carbocycles. The van der Waals surface area contributed by atoms with Gasteiger partial charge in [-0.25, -0.2) is 4.39 Å². The van der Waals surface area contributed by atoms with Crippen molar-refractivity contribution in [1.29, 1.82) is 0 Å². The summed E-state index contributed by atoms with van der Waals surface area (Å²) in [6, 6.07) is 7.58. The van der Waals surface area contributed by atoms with E-state index in [1.807, 2.05) is 19.2 Å². The molecule has 2 heteroatoms. The lowest BCUT2D eigenvalue weighted by Gasteiger charge is -2.33. The van der Waals surface area contributed by atoms with Gasteiger partial charge in [-0.15, -0.1) is 0 Å². The highest BCUT2D eigenvalue weighted by Gasteiger charge is 2.26. The lowest BCUT2D eigenvalue weighted by Crippen LogP contribution is -2.37. The van der Waals surface area contributed by atoms with Crippen LogP contribution < -0.4 is 5.32 Å². The molecule has 1 nitrogen and oxygen atoms in total. The van der Waals surface area contributed by atoms with Crippen molar-refractivity contribution < 1.29 is 4.39 Å². The standard InChI is InChI=1S/C17H26FN/c1-3-13-8-10-14(11-9-13)17(19-2)12-15-6-4-5-7-16(15)18/h4-7,13-14,17,19H,3,8-12H2,1-2H3. The van der Waals surface area contributed by atoms with E-state index in [-0.39, 0.29) is 5.82 Å². The van der Waals surface area contributed by atoms with E-state index in [0.29, 0.717) is 12.0 Å². The van der Waals surface area contributed by atoms with E-state index in [9.17, 15) is 4.39 Å². The number of rotatable bonds is 5. The SMILES string of the molecule is CCC1CCC(C(Cc2ccccc2F)NC)CC1. The summed E-state index contributed by atoms with van der Waals surface area (Å²) in [5.41, 5.74) is 0.847. The van der Waals surface area contributed by atoms with Crippen molar-refractivity contribution >= 4 is 0 Å². The van der Waals surface area contributed by atoms with Crippen molar-refractivity contribution in [3.63, 3.8) is 0 Å². The number of halogens is 1. The van der Waals surface area contributed by atoms with Crippen LogP contribution in [0.4, 0.5) is 4.39 Å². The van der Waals surface area contributed by atoms with Gasteiger partial charge in [-0.05, 0) is 49.8 Å². The Balaban J connectivity index is 1.95. The maximum absolute atomic E-state index is 13.7. The summed E-state index contributed by atoms with van der Waals surface area (Å²) in [6.45, 7) is 2.29. The molecule has 0 heterocycles. The average Bonchev–Trinajstić information content (AvgIpc) is 2.47. The monoisotopic (exact) mass is 263 g/mol. The van der Waals surface area contributed by atoms with E-state index in [1.54, 1.807) is 12.1 Å². The van der Waals surface area contributed by atoms with Gasteiger partial charge in [-0.3, -0.25) is 0 Å². The molecule has 1 N–H and O–H groups in total. The summed E-state index contributed by atoms with van der Waals surface area (Å²) in [7, 11) is 2.01. The third-order valence-corrected chi connectivity index (χ3v) is 4.81. The summed E-state index contributed by atoms with van der Waals surface area (Å²) in [4.78, 5) is 0. The van der Waals surface area contributed by atoms with Gasteiger partial charge in [0.2, 0.25) is 0 Å². The Morgan fingerprint density at radius 1 is 1.21 bits per heavy atom. The molecule has 0 amide bonds. The zero-order valence-electron chi connectivity index (χ0n) is 12.2. The molecule has 0 aromatic heterocycles. The molecule has 0 saturated heterocycles. The van der Waals surface area contributed by atoms with E-state index in [2.05, 4.69) is 12.2 Å². The lowest BCUT2D eigenvalue weighted by molar-refractivity contribution is 0.221. The Morgan fingerprint density at radius 2 is 1.89 bits per heavy atom. The summed E-state index contributed by atoms with van der Waals surface area (Å²) in [5.74, 6) is 1.56. The molecule has 1 aliphatic rings. The third-order valence-electron chi connectivity index (χ3n) is 4.81. The molecule has 1 aliphatic carbocycles. The second kappa shape index (κ2) is 7.04. The highest BCUT2D eigenvalue weighted by Crippen LogP contribution is 2.33. The highest BCUT2D eigenvalue weighted by molar-refractivity contribution is 5.18. The van der Waals surface area contributed by atoms with Crippen LogP contribution in [-0.2, 0) is 6.42 Å². The molecule has 0 spiro atoms. The van der Waals surface area contributed by atoms with E-state index in [1.165, 1.54) is 32.1 Å². The maximum atomic E-state index is 13.7. The molecule has 2 rings (SSSR count). The van der Waals surface area contributed by atoms with Crippen LogP contribution in [0.15, 0.2) is 24.3 Å². The smallest absolute Gasteiger partial charge is 0.126 e. The van der Waals surface area contributed by atoms with Gasteiger partial charge in [-0.1, -0.05) is 44.4 Å². The van der Waals surface area contributed by atoms with Crippen molar-refractivity contribution in [3.8, 4) is 0 Å². The minimum atomic E-state index is -0.0648. The van der Waals surface area contributed by atoms with Crippen molar-refractivity contribution in [1.82, 2.24) is 5.32 Å². The van der Waals surface area contributed by atoms with Gasteiger partial charge in [0, 0.05) is 6.04 Å². The van der Waals surface area contributed by atoms with Gasteiger partial charge in [0.15, 0.2) is 0 Å². The molecule has 1 fully saturated rings. The fraction of sp³-hybridized carbons (Fsp3) is 0.647. The van der Waals surface area contributed by atoms with Crippen molar-refractivity contribution in [2.24, 2.45) is 11.8 Å². The van der Waals surface area contributed by atoms with Crippen LogP contribution in [0.5, 0.6) is 0 Å². The van der Waals surface area contributed by atoms with E-state index >= 15 is 0 Å².